The van der Waals surface area contributed by atoms with Crippen LogP contribution in [-0.4, -0.2) is 137 Å². The summed E-state index contributed by atoms with van der Waals surface area (Å²) in [5, 5.41) is 8.95. The van der Waals surface area contributed by atoms with E-state index in [0.29, 0.717) is 91.9 Å². The highest BCUT2D eigenvalue weighted by Gasteiger charge is 2.13. The molecule has 0 saturated heterocycles. The number of rotatable bonds is 24. The second-order valence-electron chi connectivity index (χ2n) is 9.47. The maximum atomic E-state index is 11.9. The number of aromatic nitrogens is 2. The van der Waals surface area contributed by atoms with Gasteiger partial charge < -0.3 is 33.5 Å². The van der Waals surface area contributed by atoms with Crippen molar-refractivity contribution >= 4 is 11.9 Å². The van der Waals surface area contributed by atoms with Crippen LogP contribution >= 0.6 is 0 Å². The second-order valence-corrected chi connectivity index (χ2v) is 9.47. The van der Waals surface area contributed by atoms with Gasteiger partial charge in [0.15, 0.2) is 0 Å². The summed E-state index contributed by atoms with van der Waals surface area (Å²) < 4.78 is 32.0. The third-order valence-corrected chi connectivity index (χ3v) is 6.26. The number of nitrogens with zero attached hydrogens (tertiary/aromatic N) is 4. The molecule has 0 bridgehead atoms. The predicted molar refractivity (Wildman–Crippen MR) is 158 cm³/mol. The van der Waals surface area contributed by atoms with E-state index in [1.807, 2.05) is 12.1 Å². The van der Waals surface area contributed by atoms with Crippen molar-refractivity contribution in [3.63, 3.8) is 0 Å². The first-order valence-electron chi connectivity index (χ1n) is 14.4. The molecule has 0 aliphatic rings. The highest BCUT2D eigenvalue weighted by atomic mass is 16.5. The van der Waals surface area contributed by atoms with Gasteiger partial charge in [-0.25, -0.2) is 19.6 Å². The summed E-state index contributed by atoms with van der Waals surface area (Å²) in [6.07, 6.45) is 0.593. The van der Waals surface area contributed by atoms with Gasteiger partial charge in [-0.05, 0) is 30.7 Å². The van der Waals surface area contributed by atoms with Gasteiger partial charge in [-0.15, -0.1) is 0 Å². The Morgan fingerprint density at radius 3 is 1.51 bits per heavy atom. The molecule has 0 spiro atoms. The fourth-order valence-corrected chi connectivity index (χ4v) is 3.96. The fraction of sp³-hybridized carbons (Fsp3) is 0.600. The molecule has 0 saturated carbocycles. The largest absolute Gasteiger partial charge is 0.464 e. The Balaban J connectivity index is 1.75. The molecule has 0 amide bonds. The Hall–Kier alpha value is -3.04. The van der Waals surface area contributed by atoms with E-state index in [1.165, 1.54) is 14.2 Å². The van der Waals surface area contributed by atoms with Crippen LogP contribution < -0.4 is 0 Å². The van der Waals surface area contributed by atoms with E-state index < -0.39 is 11.9 Å². The van der Waals surface area contributed by atoms with Crippen molar-refractivity contribution in [1.29, 1.82) is 0 Å². The minimum atomic E-state index is -0.477. The van der Waals surface area contributed by atoms with E-state index in [2.05, 4.69) is 19.8 Å². The van der Waals surface area contributed by atoms with Gasteiger partial charge in [0.05, 0.1) is 65.2 Å². The molecule has 0 atom stereocenters. The Labute approximate surface area is 254 Å². The average molecular weight is 607 g/mol. The number of methoxy groups -OCH3 is 3. The molecular formula is C30H46N4O9. The molecular weight excluding hydrogens is 560 g/mol. The van der Waals surface area contributed by atoms with E-state index in [-0.39, 0.29) is 18.0 Å². The summed E-state index contributed by atoms with van der Waals surface area (Å²) in [4.78, 5) is 36.8. The SMILES string of the molecule is COCCN(CCOCCOCCN(CCOCCCO)Cc1cccc(C(=O)OC)n1)Cc1cccc(C(=O)OC)n1. The van der Waals surface area contributed by atoms with Gasteiger partial charge in [-0.1, -0.05) is 12.1 Å². The molecule has 13 heteroatoms. The number of hydrogen-bond donors (Lipinski definition) is 1. The number of ether oxygens (including phenoxy) is 6. The van der Waals surface area contributed by atoms with E-state index in [1.54, 1.807) is 31.4 Å². The van der Waals surface area contributed by atoms with Gasteiger partial charge in [-0.2, -0.15) is 0 Å². The lowest BCUT2D eigenvalue weighted by Gasteiger charge is -2.22. The van der Waals surface area contributed by atoms with Crippen molar-refractivity contribution in [3.8, 4) is 0 Å². The summed E-state index contributed by atoms with van der Waals surface area (Å²) in [6.45, 7) is 7.22. The summed E-state index contributed by atoms with van der Waals surface area (Å²) in [5.41, 5.74) is 2.04. The van der Waals surface area contributed by atoms with Crippen LogP contribution in [0.5, 0.6) is 0 Å². The molecule has 2 aromatic heterocycles. The first-order valence-corrected chi connectivity index (χ1v) is 14.4. The minimum absolute atomic E-state index is 0.0944. The summed E-state index contributed by atoms with van der Waals surface area (Å²) in [6, 6.07) is 10.6. The normalized spacial score (nSPS) is 11.3. The van der Waals surface area contributed by atoms with Crippen LogP contribution in [0.25, 0.3) is 0 Å². The molecule has 2 heterocycles. The van der Waals surface area contributed by atoms with E-state index in [0.717, 1.165) is 11.4 Å². The lowest BCUT2D eigenvalue weighted by molar-refractivity contribution is 0.0231. The summed E-state index contributed by atoms with van der Waals surface area (Å²) >= 11 is 0. The number of carbonyl (C=O) groups excluding carboxylic acids is 2. The van der Waals surface area contributed by atoms with Crippen LogP contribution in [0.1, 0.15) is 38.8 Å². The average Bonchev–Trinajstić information content (AvgIpc) is 3.03. The number of esters is 2. The third kappa shape index (κ3) is 15.3. The zero-order valence-corrected chi connectivity index (χ0v) is 25.6. The highest BCUT2D eigenvalue weighted by Crippen LogP contribution is 2.07. The Kier molecular flexibility index (Phi) is 18.9. The lowest BCUT2D eigenvalue weighted by Crippen LogP contribution is -2.32. The number of hydrogen-bond acceptors (Lipinski definition) is 13. The monoisotopic (exact) mass is 606 g/mol. The van der Waals surface area contributed by atoms with Gasteiger partial charge in [0.2, 0.25) is 0 Å². The van der Waals surface area contributed by atoms with Crippen LogP contribution in [0.2, 0.25) is 0 Å². The summed E-state index contributed by atoms with van der Waals surface area (Å²) in [7, 11) is 4.32. The molecule has 2 rings (SSSR count). The van der Waals surface area contributed by atoms with Crippen LogP contribution in [0.15, 0.2) is 36.4 Å². The molecule has 0 aromatic carbocycles. The first kappa shape index (κ1) is 36.2. The van der Waals surface area contributed by atoms with Crippen molar-refractivity contribution < 1.29 is 43.1 Å². The first-order chi connectivity index (χ1) is 21.0. The maximum absolute atomic E-state index is 11.9. The second kappa shape index (κ2) is 22.5. The van der Waals surface area contributed by atoms with Crippen LogP contribution in [0.3, 0.4) is 0 Å². The highest BCUT2D eigenvalue weighted by molar-refractivity contribution is 5.87. The van der Waals surface area contributed by atoms with Gasteiger partial charge in [-0.3, -0.25) is 9.80 Å². The quantitative estimate of drug-likeness (QED) is 0.136. The Morgan fingerprint density at radius 2 is 1.09 bits per heavy atom. The molecule has 240 valence electrons. The Morgan fingerprint density at radius 1 is 0.651 bits per heavy atom. The molecule has 43 heavy (non-hydrogen) atoms. The third-order valence-electron chi connectivity index (χ3n) is 6.26. The maximum Gasteiger partial charge on any atom is 0.356 e. The van der Waals surface area contributed by atoms with E-state index in [9.17, 15) is 9.59 Å². The number of pyridine rings is 2. The predicted octanol–water partition coefficient (Wildman–Crippen LogP) is 1.43. The molecule has 0 aliphatic heterocycles. The van der Waals surface area contributed by atoms with Gasteiger partial charge in [0.25, 0.3) is 0 Å². The molecule has 13 nitrogen and oxygen atoms in total. The van der Waals surface area contributed by atoms with Gasteiger partial charge >= 0.3 is 11.9 Å². The van der Waals surface area contributed by atoms with Crippen LogP contribution in [0.4, 0.5) is 0 Å². The molecule has 1 N–H and O–H groups in total. The molecule has 0 unspecified atom stereocenters. The molecule has 0 fully saturated rings. The Bertz CT molecular complexity index is 1060. The fourth-order valence-electron chi connectivity index (χ4n) is 3.96. The number of carbonyl (C=O) groups is 2. The van der Waals surface area contributed by atoms with Crippen molar-refractivity contribution in [2.45, 2.75) is 19.5 Å². The standard InChI is InChI=1S/C30H46N4O9/c1-38-17-11-33(23-25-7-4-9-27(31-25)29(36)39-2)13-19-42-21-22-43-20-14-34(12-18-41-16-6-15-35)24-26-8-5-10-28(32-26)30(37)40-3/h4-5,7-10,35H,6,11-24H2,1-3H3. The van der Waals surface area contributed by atoms with Crippen LogP contribution in [0, 0.1) is 0 Å². The zero-order chi connectivity index (χ0) is 31.1. The van der Waals surface area contributed by atoms with E-state index in [4.69, 9.17) is 33.5 Å². The molecule has 2 aromatic rings. The zero-order valence-electron chi connectivity index (χ0n) is 25.6. The van der Waals surface area contributed by atoms with Gasteiger partial charge in [0.1, 0.15) is 11.4 Å². The van der Waals surface area contributed by atoms with Crippen molar-refractivity contribution in [2.75, 3.05) is 100 Å². The summed E-state index contributed by atoms with van der Waals surface area (Å²) in [5.74, 6) is -0.942. The molecule has 0 radical (unpaired) electrons. The smallest absolute Gasteiger partial charge is 0.356 e. The van der Waals surface area contributed by atoms with Crippen molar-refractivity contribution in [3.05, 3.63) is 59.2 Å². The minimum Gasteiger partial charge on any atom is -0.464 e. The van der Waals surface area contributed by atoms with Crippen molar-refractivity contribution in [1.82, 2.24) is 19.8 Å². The number of aliphatic hydroxyl groups is 1. The molecule has 0 aliphatic carbocycles. The van der Waals surface area contributed by atoms with E-state index >= 15 is 0 Å². The van der Waals surface area contributed by atoms with Crippen LogP contribution in [-0.2, 0) is 41.5 Å². The van der Waals surface area contributed by atoms with Crippen molar-refractivity contribution in [2.24, 2.45) is 0 Å². The topological polar surface area (TPSA) is 142 Å². The lowest BCUT2D eigenvalue weighted by atomic mass is 10.3. The van der Waals surface area contributed by atoms with Gasteiger partial charge in [0, 0.05) is 59.6 Å². The number of aliphatic hydroxyl groups excluding tert-OH is 1.